The van der Waals surface area contributed by atoms with Crippen molar-refractivity contribution in [1.82, 2.24) is 15.1 Å². The molecule has 4 nitrogen and oxygen atoms in total. The molecule has 2 aliphatic heterocycles. The van der Waals surface area contributed by atoms with Gasteiger partial charge in [0, 0.05) is 26.2 Å². The van der Waals surface area contributed by atoms with Gasteiger partial charge in [-0.1, -0.05) is 42.8 Å². The fraction of sp³-hybridized carbons (Fsp3) is 0.476. The van der Waals surface area contributed by atoms with Gasteiger partial charge in [0.2, 0.25) is 0 Å². The van der Waals surface area contributed by atoms with Gasteiger partial charge < -0.3 is 15.1 Å². The monoisotopic (exact) mass is 464 g/mol. The molecule has 1 fully saturated rings. The number of hydrogen-bond donors (Lipinski definition) is 1. The molecule has 0 atom stereocenters. The van der Waals surface area contributed by atoms with Gasteiger partial charge in [0.25, 0.3) is 0 Å². The van der Waals surface area contributed by atoms with Crippen LogP contribution in [0.1, 0.15) is 24.8 Å². The second-order valence-electron chi connectivity index (χ2n) is 7.13. The molecule has 0 spiro atoms. The number of halogens is 1. The Bertz CT molecular complexity index is 740. The topological polar surface area (TPSA) is 30.9 Å². The number of fused-ring (bicyclic) bond motifs is 1. The van der Waals surface area contributed by atoms with Gasteiger partial charge in [-0.3, -0.25) is 4.99 Å². The molecule has 2 heterocycles. The molecule has 1 N–H and O–H groups in total. The molecule has 2 aliphatic rings. The van der Waals surface area contributed by atoms with E-state index in [1.54, 1.807) is 0 Å². The largest absolute Gasteiger partial charge is 0.352 e. The molecule has 0 unspecified atom stereocenters. The van der Waals surface area contributed by atoms with Gasteiger partial charge in [0.15, 0.2) is 5.96 Å². The van der Waals surface area contributed by atoms with Crippen molar-refractivity contribution < 1.29 is 0 Å². The lowest BCUT2D eigenvalue weighted by molar-refractivity contribution is 0.212. The van der Waals surface area contributed by atoms with E-state index in [9.17, 15) is 0 Å². The Kier molecular flexibility index (Phi) is 7.14. The summed E-state index contributed by atoms with van der Waals surface area (Å²) >= 11 is 0. The lowest BCUT2D eigenvalue weighted by Gasteiger charge is -2.29. The average Bonchev–Trinajstić information content (AvgIpc) is 3.13. The summed E-state index contributed by atoms with van der Waals surface area (Å²) in [6, 6.07) is 15.2. The van der Waals surface area contributed by atoms with Crippen LogP contribution in [-0.2, 0) is 6.54 Å². The van der Waals surface area contributed by atoms with Crippen molar-refractivity contribution in [2.75, 3.05) is 39.3 Å². The summed E-state index contributed by atoms with van der Waals surface area (Å²) in [6.45, 7) is 7.59. The molecule has 5 heteroatoms. The maximum Gasteiger partial charge on any atom is 0.194 e. The normalized spacial score (nSPS) is 17.8. The highest BCUT2D eigenvalue weighted by Gasteiger charge is 2.18. The molecule has 2 aromatic carbocycles. The quantitative estimate of drug-likeness (QED) is 0.685. The number of aliphatic imine (C=N–C) groups is 1. The highest BCUT2D eigenvalue weighted by Crippen LogP contribution is 2.16. The maximum atomic E-state index is 4.67. The van der Waals surface area contributed by atoms with E-state index >= 15 is 0 Å². The Morgan fingerprint density at radius 1 is 0.885 bits per heavy atom. The third-order valence-corrected chi connectivity index (χ3v) is 5.33. The minimum atomic E-state index is 0. The molecule has 0 saturated carbocycles. The van der Waals surface area contributed by atoms with Crippen LogP contribution in [-0.4, -0.2) is 55.0 Å². The third-order valence-electron chi connectivity index (χ3n) is 5.33. The minimum Gasteiger partial charge on any atom is -0.352 e. The Morgan fingerprint density at radius 2 is 1.69 bits per heavy atom. The zero-order valence-corrected chi connectivity index (χ0v) is 17.7. The Morgan fingerprint density at radius 3 is 2.54 bits per heavy atom. The summed E-state index contributed by atoms with van der Waals surface area (Å²) in [6.07, 6.45) is 4.13. The van der Waals surface area contributed by atoms with Crippen LogP contribution in [0.25, 0.3) is 10.8 Å². The molecule has 2 aromatic rings. The van der Waals surface area contributed by atoms with Crippen molar-refractivity contribution in [3.8, 4) is 0 Å². The van der Waals surface area contributed by atoms with Crippen LogP contribution in [0.15, 0.2) is 47.5 Å². The number of piperidine rings is 1. The zero-order valence-electron chi connectivity index (χ0n) is 15.4. The average molecular weight is 464 g/mol. The van der Waals surface area contributed by atoms with E-state index in [4.69, 9.17) is 0 Å². The van der Waals surface area contributed by atoms with E-state index in [1.165, 1.54) is 48.7 Å². The van der Waals surface area contributed by atoms with Crippen LogP contribution < -0.4 is 5.32 Å². The number of likely N-dealkylation sites (tertiary alicyclic amines) is 1. The summed E-state index contributed by atoms with van der Waals surface area (Å²) < 4.78 is 0. The standard InChI is InChI=1S/C21H28N4.HI/c1-4-11-24(12-5-1)14-15-25-13-10-22-21(25)23-17-18-8-9-19-6-2-3-7-20(19)16-18;/h2-3,6-9,16H,1,4-5,10-15,17H2,(H,22,23);1H. The minimum absolute atomic E-state index is 0. The molecule has 140 valence electrons. The zero-order chi connectivity index (χ0) is 16.9. The van der Waals surface area contributed by atoms with Gasteiger partial charge in [-0.15, -0.1) is 24.0 Å². The predicted octanol–water partition coefficient (Wildman–Crippen LogP) is 3.70. The predicted molar refractivity (Wildman–Crippen MR) is 120 cm³/mol. The molecule has 0 aliphatic carbocycles. The smallest absolute Gasteiger partial charge is 0.194 e. The molecule has 26 heavy (non-hydrogen) atoms. The van der Waals surface area contributed by atoms with Gasteiger partial charge in [-0.25, -0.2) is 0 Å². The summed E-state index contributed by atoms with van der Waals surface area (Å²) in [7, 11) is 0. The SMILES string of the molecule is I.c1ccc2cc(CNC3=NCCN3CCN3CCCCC3)ccc2c1. The van der Waals surface area contributed by atoms with E-state index in [0.29, 0.717) is 0 Å². The van der Waals surface area contributed by atoms with E-state index in [2.05, 4.69) is 62.6 Å². The second-order valence-corrected chi connectivity index (χ2v) is 7.13. The molecular weight excluding hydrogens is 435 g/mol. The van der Waals surface area contributed by atoms with Gasteiger partial charge in [0.1, 0.15) is 0 Å². The van der Waals surface area contributed by atoms with Gasteiger partial charge in [0.05, 0.1) is 6.54 Å². The molecular formula is C21H29IN4. The van der Waals surface area contributed by atoms with Crippen molar-refractivity contribution in [1.29, 1.82) is 0 Å². The molecule has 4 rings (SSSR count). The van der Waals surface area contributed by atoms with E-state index in [-0.39, 0.29) is 24.0 Å². The third kappa shape index (κ3) is 4.88. The summed E-state index contributed by atoms with van der Waals surface area (Å²) in [5.74, 6) is 1.07. The molecule has 0 amide bonds. The lowest BCUT2D eigenvalue weighted by Crippen LogP contribution is -2.43. The number of nitrogens with one attached hydrogen (secondary N) is 1. The molecule has 0 radical (unpaired) electrons. The first-order chi connectivity index (χ1) is 12.4. The fourth-order valence-electron chi connectivity index (χ4n) is 3.84. The Balaban J connectivity index is 0.00000196. The van der Waals surface area contributed by atoms with Crippen LogP contribution in [0.2, 0.25) is 0 Å². The lowest BCUT2D eigenvalue weighted by atomic mass is 10.1. The van der Waals surface area contributed by atoms with Crippen LogP contribution >= 0.6 is 24.0 Å². The Hall–Kier alpha value is -1.34. The van der Waals surface area contributed by atoms with Crippen LogP contribution in [0.5, 0.6) is 0 Å². The second kappa shape index (κ2) is 9.55. The number of benzene rings is 2. The van der Waals surface area contributed by atoms with Crippen molar-refractivity contribution in [2.45, 2.75) is 25.8 Å². The highest BCUT2D eigenvalue weighted by atomic mass is 127. The first-order valence-electron chi connectivity index (χ1n) is 9.62. The number of rotatable bonds is 5. The van der Waals surface area contributed by atoms with E-state index in [1.807, 2.05) is 0 Å². The van der Waals surface area contributed by atoms with Gasteiger partial charge in [-0.2, -0.15) is 0 Å². The summed E-state index contributed by atoms with van der Waals surface area (Å²) in [5, 5.41) is 6.16. The fourth-order valence-corrected chi connectivity index (χ4v) is 3.84. The summed E-state index contributed by atoms with van der Waals surface area (Å²) in [4.78, 5) is 9.68. The number of nitrogens with zero attached hydrogens (tertiary/aromatic N) is 3. The number of guanidine groups is 1. The van der Waals surface area contributed by atoms with Crippen LogP contribution in [0.4, 0.5) is 0 Å². The molecule has 1 saturated heterocycles. The van der Waals surface area contributed by atoms with E-state index < -0.39 is 0 Å². The molecule has 0 bridgehead atoms. The van der Waals surface area contributed by atoms with Crippen molar-refractivity contribution in [3.63, 3.8) is 0 Å². The maximum absolute atomic E-state index is 4.67. The summed E-state index contributed by atoms with van der Waals surface area (Å²) in [5.41, 5.74) is 1.31. The van der Waals surface area contributed by atoms with Gasteiger partial charge in [-0.05, 0) is 48.3 Å². The van der Waals surface area contributed by atoms with Crippen LogP contribution in [0.3, 0.4) is 0 Å². The van der Waals surface area contributed by atoms with Crippen molar-refractivity contribution in [2.24, 2.45) is 4.99 Å². The number of hydrogen-bond acceptors (Lipinski definition) is 4. The molecule has 0 aromatic heterocycles. The highest BCUT2D eigenvalue weighted by molar-refractivity contribution is 14.0. The van der Waals surface area contributed by atoms with Gasteiger partial charge >= 0.3 is 0 Å². The first-order valence-corrected chi connectivity index (χ1v) is 9.62. The van der Waals surface area contributed by atoms with Crippen molar-refractivity contribution in [3.05, 3.63) is 48.0 Å². The first kappa shape index (κ1) is 19.4. The Labute approximate surface area is 173 Å². The van der Waals surface area contributed by atoms with Crippen LogP contribution in [0, 0.1) is 0 Å². The van der Waals surface area contributed by atoms with Crippen molar-refractivity contribution >= 4 is 40.7 Å². The van der Waals surface area contributed by atoms with E-state index in [0.717, 1.165) is 38.7 Å².